The van der Waals surface area contributed by atoms with Crippen molar-refractivity contribution in [1.29, 1.82) is 0 Å². The van der Waals surface area contributed by atoms with Crippen molar-refractivity contribution in [2.45, 2.75) is 6.18 Å². The first-order chi connectivity index (χ1) is 13.3. The molecule has 3 aromatic rings. The summed E-state index contributed by atoms with van der Waals surface area (Å²) >= 11 is 1.00. The minimum atomic E-state index is -4.52. The smallest absolute Gasteiger partial charge is 0.334 e. The van der Waals surface area contributed by atoms with E-state index in [1.165, 1.54) is 18.2 Å². The number of para-hydroxylation sites is 1. The molecular formula is C19H13F3N4OS. The summed E-state index contributed by atoms with van der Waals surface area (Å²) in [6.45, 7) is 0. The molecule has 4 rings (SSSR count). The average molecular weight is 402 g/mol. The lowest BCUT2D eigenvalue weighted by atomic mass is 10.2. The van der Waals surface area contributed by atoms with Crippen molar-refractivity contribution in [3.63, 3.8) is 0 Å². The highest BCUT2D eigenvalue weighted by Crippen LogP contribution is 2.37. The van der Waals surface area contributed by atoms with Gasteiger partial charge in [0.1, 0.15) is 0 Å². The molecular weight excluding hydrogens is 389 g/mol. The van der Waals surface area contributed by atoms with Crippen LogP contribution in [0.25, 0.3) is 17.1 Å². The summed E-state index contributed by atoms with van der Waals surface area (Å²) in [6, 6.07) is 10.5. The van der Waals surface area contributed by atoms with Crippen molar-refractivity contribution in [3.8, 4) is 0 Å². The number of aliphatic imine (C=N–C) groups is 1. The van der Waals surface area contributed by atoms with Crippen LogP contribution < -0.4 is 5.32 Å². The monoisotopic (exact) mass is 402 g/mol. The van der Waals surface area contributed by atoms with E-state index in [0.717, 1.165) is 34.4 Å². The first-order valence-electron chi connectivity index (χ1n) is 8.18. The van der Waals surface area contributed by atoms with E-state index < -0.39 is 17.6 Å². The maximum absolute atomic E-state index is 13.1. The molecule has 1 aliphatic rings. The topological polar surface area (TPSA) is 59.3 Å². The van der Waals surface area contributed by atoms with Gasteiger partial charge < -0.3 is 9.88 Å². The fraction of sp³-hybridized carbons (Fsp3) is 0.105. The second-order valence-electron chi connectivity index (χ2n) is 6.10. The molecule has 0 saturated carbocycles. The third kappa shape index (κ3) is 3.53. The number of carbonyl (C=O) groups excluding carboxylic acids is 1. The van der Waals surface area contributed by atoms with E-state index in [-0.39, 0.29) is 10.9 Å². The van der Waals surface area contributed by atoms with Gasteiger partial charge in [0.15, 0.2) is 5.17 Å². The number of imidazole rings is 1. The lowest BCUT2D eigenvalue weighted by molar-refractivity contribution is -0.137. The quantitative estimate of drug-likeness (QED) is 0.643. The number of aryl methyl sites for hydroxylation is 1. The Kier molecular flexibility index (Phi) is 4.46. The van der Waals surface area contributed by atoms with E-state index in [1.807, 2.05) is 29.8 Å². The molecule has 1 aromatic heterocycles. The number of carbonyl (C=O) groups is 1. The summed E-state index contributed by atoms with van der Waals surface area (Å²) in [5, 5.41) is 2.62. The van der Waals surface area contributed by atoms with Gasteiger partial charge in [0.25, 0.3) is 5.91 Å². The Bertz CT molecular complexity index is 1150. The molecule has 2 aromatic carbocycles. The lowest BCUT2D eigenvalue weighted by Crippen LogP contribution is -2.19. The standard InChI is InChI=1S/C19H13F3N4OS/c1-26-10-23-14-7-6-11(8-15(14)26)9-16-17(27)25-18(28-16)24-13-5-3-2-4-12(13)19(20,21)22/h2-10H,1H3,(H,24,25,27)/b16-9+. The number of hydrogen-bond donors (Lipinski definition) is 1. The minimum absolute atomic E-state index is 0.106. The molecule has 28 heavy (non-hydrogen) atoms. The predicted octanol–water partition coefficient (Wildman–Crippen LogP) is 4.48. The van der Waals surface area contributed by atoms with Gasteiger partial charge in [-0.25, -0.2) is 9.98 Å². The summed E-state index contributed by atoms with van der Waals surface area (Å²) in [4.78, 5) is 20.8. The van der Waals surface area contributed by atoms with Gasteiger partial charge >= 0.3 is 6.18 Å². The van der Waals surface area contributed by atoms with E-state index >= 15 is 0 Å². The number of aromatic nitrogens is 2. The molecule has 9 heteroatoms. The molecule has 1 saturated heterocycles. The lowest BCUT2D eigenvalue weighted by Gasteiger charge is -2.09. The molecule has 142 valence electrons. The second-order valence-corrected chi connectivity index (χ2v) is 7.13. The van der Waals surface area contributed by atoms with Gasteiger partial charge in [0, 0.05) is 7.05 Å². The van der Waals surface area contributed by atoms with E-state index in [9.17, 15) is 18.0 Å². The van der Waals surface area contributed by atoms with Gasteiger partial charge in [-0.05, 0) is 47.7 Å². The minimum Gasteiger partial charge on any atom is -0.334 e. The molecule has 0 atom stereocenters. The SMILES string of the molecule is Cn1cnc2ccc(/C=C3/SC(=Nc4ccccc4C(F)(F)F)NC3=O)cc21. The van der Waals surface area contributed by atoms with Crippen LogP contribution in [-0.2, 0) is 18.0 Å². The molecule has 0 unspecified atom stereocenters. The summed E-state index contributed by atoms with van der Waals surface area (Å²) < 4.78 is 41.2. The molecule has 1 aliphatic heterocycles. The summed E-state index contributed by atoms with van der Waals surface area (Å²) in [5.41, 5.74) is 1.43. The van der Waals surface area contributed by atoms with Crippen LogP contribution in [0.4, 0.5) is 18.9 Å². The number of fused-ring (bicyclic) bond motifs is 1. The maximum Gasteiger partial charge on any atom is 0.418 e. The van der Waals surface area contributed by atoms with Crippen LogP contribution >= 0.6 is 11.8 Å². The largest absolute Gasteiger partial charge is 0.418 e. The zero-order valence-corrected chi connectivity index (χ0v) is 15.3. The van der Waals surface area contributed by atoms with Crippen LogP contribution in [0.2, 0.25) is 0 Å². The summed E-state index contributed by atoms with van der Waals surface area (Å²) in [5.74, 6) is -0.404. The van der Waals surface area contributed by atoms with Gasteiger partial charge in [-0.1, -0.05) is 18.2 Å². The van der Waals surface area contributed by atoms with Gasteiger partial charge in [-0.2, -0.15) is 13.2 Å². The number of alkyl halides is 3. The number of halogens is 3. The number of amidine groups is 1. The fourth-order valence-corrected chi connectivity index (χ4v) is 3.62. The van der Waals surface area contributed by atoms with E-state index in [1.54, 1.807) is 12.4 Å². The molecule has 0 bridgehead atoms. The Morgan fingerprint density at radius 3 is 2.79 bits per heavy atom. The predicted molar refractivity (Wildman–Crippen MR) is 103 cm³/mol. The Labute approximate surface area is 162 Å². The highest BCUT2D eigenvalue weighted by molar-refractivity contribution is 8.18. The van der Waals surface area contributed by atoms with Crippen molar-refractivity contribution in [3.05, 3.63) is 64.8 Å². The highest BCUT2D eigenvalue weighted by Gasteiger charge is 2.34. The second kappa shape index (κ2) is 6.83. The molecule has 0 spiro atoms. The number of amides is 1. The van der Waals surface area contributed by atoms with Crippen molar-refractivity contribution < 1.29 is 18.0 Å². The first-order valence-corrected chi connectivity index (χ1v) is 9.00. The molecule has 0 radical (unpaired) electrons. The number of nitrogens with one attached hydrogen (secondary N) is 1. The Morgan fingerprint density at radius 2 is 2.00 bits per heavy atom. The zero-order chi connectivity index (χ0) is 19.9. The number of nitrogens with zero attached hydrogens (tertiary/aromatic N) is 3. The van der Waals surface area contributed by atoms with Crippen LogP contribution in [0.5, 0.6) is 0 Å². The molecule has 0 aliphatic carbocycles. The normalized spacial score (nSPS) is 17.6. The Balaban J connectivity index is 1.65. The highest BCUT2D eigenvalue weighted by atomic mass is 32.2. The molecule has 5 nitrogen and oxygen atoms in total. The Hall–Kier alpha value is -3.07. The summed E-state index contributed by atoms with van der Waals surface area (Å²) in [7, 11) is 1.87. The van der Waals surface area contributed by atoms with Gasteiger partial charge in [-0.15, -0.1) is 0 Å². The molecule has 1 amide bonds. The number of rotatable bonds is 2. The average Bonchev–Trinajstić information content (AvgIpc) is 3.17. The van der Waals surface area contributed by atoms with Crippen molar-refractivity contribution in [1.82, 2.24) is 14.9 Å². The van der Waals surface area contributed by atoms with E-state index in [2.05, 4.69) is 15.3 Å². The zero-order valence-electron chi connectivity index (χ0n) is 14.5. The van der Waals surface area contributed by atoms with Crippen LogP contribution in [0.15, 0.2) is 58.7 Å². The van der Waals surface area contributed by atoms with Gasteiger partial charge in [-0.3, -0.25) is 4.79 Å². The van der Waals surface area contributed by atoms with Crippen LogP contribution in [0, 0.1) is 0 Å². The number of hydrogen-bond acceptors (Lipinski definition) is 4. The van der Waals surface area contributed by atoms with Crippen LogP contribution in [0.3, 0.4) is 0 Å². The Morgan fingerprint density at radius 1 is 1.21 bits per heavy atom. The van der Waals surface area contributed by atoms with Crippen LogP contribution in [0.1, 0.15) is 11.1 Å². The van der Waals surface area contributed by atoms with Crippen LogP contribution in [-0.4, -0.2) is 20.6 Å². The first kappa shape index (κ1) is 18.3. The third-order valence-electron chi connectivity index (χ3n) is 4.13. The van der Waals surface area contributed by atoms with Crippen molar-refractivity contribution >= 4 is 45.6 Å². The van der Waals surface area contributed by atoms with Crippen molar-refractivity contribution in [2.24, 2.45) is 12.0 Å². The van der Waals surface area contributed by atoms with Crippen molar-refractivity contribution in [2.75, 3.05) is 0 Å². The molecule has 1 N–H and O–H groups in total. The van der Waals surface area contributed by atoms with Gasteiger partial charge in [0.2, 0.25) is 0 Å². The van der Waals surface area contributed by atoms with E-state index in [0.29, 0.717) is 4.91 Å². The maximum atomic E-state index is 13.1. The third-order valence-corrected chi connectivity index (χ3v) is 5.04. The molecule has 1 fully saturated rings. The fourth-order valence-electron chi connectivity index (χ4n) is 2.79. The van der Waals surface area contributed by atoms with Gasteiger partial charge in [0.05, 0.1) is 33.5 Å². The summed E-state index contributed by atoms with van der Waals surface area (Å²) in [6.07, 6.45) is -1.16. The number of benzene rings is 2. The number of thioether (sulfide) groups is 1. The molecule has 2 heterocycles. The van der Waals surface area contributed by atoms with E-state index in [4.69, 9.17) is 0 Å².